The molecule has 0 aliphatic heterocycles. The molecule has 184 valence electrons. The molecule has 0 spiro atoms. The first kappa shape index (κ1) is 26.2. The summed E-state index contributed by atoms with van der Waals surface area (Å²) >= 11 is 0. The lowest BCUT2D eigenvalue weighted by atomic mass is 9.81. The van der Waals surface area contributed by atoms with Crippen LogP contribution in [0, 0.1) is 23.2 Å². The zero-order valence-electron chi connectivity index (χ0n) is 20.7. The van der Waals surface area contributed by atoms with Gasteiger partial charge in [0.25, 0.3) is 0 Å². The van der Waals surface area contributed by atoms with Gasteiger partial charge >= 0.3 is 5.97 Å². The summed E-state index contributed by atoms with van der Waals surface area (Å²) in [7, 11) is 0. The number of rotatable bonds is 10. The van der Waals surface area contributed by atoms with E-state index in [0.29, 0.717) is 11.8 Å². The van der Waals surface area contributed by atoms with Crippen LogP contribution in [0.15, 0.2) is 48.3 Å². The summed E-state index contributed by atoms with van der Waals surface area (Å²) in [4.78, 5) is 12.7. The van der Waals surface area contributed by atoms with Crippen molar-refractivity contribution in [1.29, 1.82) is 5.26 Å². The van der Waals surface area contributed by atoms with Gasteiger partial charge in [-0.05, 0) is 93.2 Å². The monoisotopic (exact) mass is 465 g/mol. The number of carbonyl (C=O) groups excluding carboxylic acids is 1. The number of nitriles is 1. The van der Waals surface area contributed by atoms with Crippen LogP contribution in [0.3, 0.4) is 0 Å². The largest absolute Gasteiger partial charge is 0.462 e. The Morgan fingerprint density at radius 2 is 1.74 bits per heavy atom. The van der Waals surface area contributed by atoms with E-state index in [2.05, 4.69) is 31.2 Å². The van der Waals surface area contributed by atoms with E-state index in [0.717, 1.165) is 51.4 Å². The maximum Gasteiger partial charge on any atom is 0.309 e. The first-order valence-electron chi connectivity index (χ1n) is 13.3. The van der Waals surface area contributed by atoms with Crippen LogP contribution in [0.2, 0.25) is 0 Å². The van der Waals surface area contributed by atoms with Crippen molar-refractivity contribution >= 4 is 5.97 Å². The summed E-state index contributed by atoms with van der Waals surface area (Å²) in [6, 6.07) is 10.7. The molecule has 3 nitrogen and oxygen atoms in total. The molecule has 0 saturated heterocycles. The Kier molecular flexibility index (Phi) is 10.9. The number of halogens is 1. The van der Waals surface area contributed by atoms with Crippen molar-refractivity contribution in [2.24, 2.45) is 11.8 Å². The van der Waals surface area contributed by atoms with Gasteiger partial charge in [0.05, 0.1) is 5.92 Å². The van der Waals surface area contributed by atoms with Crippen molar-refractivity contribution in [3.63, 3.8) is 0 Å². The van der Waals surface area contributed by atoms with E-state index in [1.165, 1.54) is 55.4 Å². The molecule has 2 aliphatic rings. The van der Waals surface area contributed by atoms with Crippen molar-refractivity contribution in [2.45, 2.75) is 102 Å². The normalized spacial score (nSPS) is 25.7. The standard InChI is InChI=1S/C30H40FNO2/c1-2-3-4-5-7-23-10-14-25(15-11-23)26-18-20-29(21-19-26)34-30(33)27-16-12-24(13-17-27)8-6-9-28(31)22-32/h6,8-11,14-15,24,26-27,29H,2-5,7,12-13,16-21H2,1H3. The van der Waals surface area contributed by atoms with Crippen LogP contribution in [0.25, 0.3) is 0 Å². The third-order valence-corrected chi connectivity index (χ3v) is 7.56. The molecule has 0 bridgehead atoms. The molecule has 34 heavy (non-hydrogen) atoms. The molecular formula is C30H40FNO2. The van der Waals surface area contributed by atoms with Gasteiger partial charge in [-0.3, -0.25) is 4.79 Å². The third kappa shape index (κ3) is 8.42. The average Bonchev–Trinajstić information content (AvgIpc) is 2.88. The summed E-state index contributed by atoms with van der Waals surface area (Å²) in [5.74, 6) is 0.0848. The molecule has 0 heterocycles. The number of unbranched alkanes of at least 4 members (excludes halogenated alkanes) is 3. The molecule has 4 heteroatoms. The molecule has 2 aliphatic carbocycles. The second-order valence-electron chi connectivity index (χ2n) is 10.1. The van der Waals surface area contributed by atoms with Crippen molar-refractivity contribution in [3.05, 3.63) is 59.4 Å². The number of hydrogen-bond donors (Lipinski definition) is 0. The van der Waals surface area contributed by atoms with E-state index in [4.69, 9.17) is 10.00 Å². The maximum atomic E-state index is 12.9. The topological polar surface area (TPSA) is 50.1 Å². The van der Waals surface area contributed by atoms with E-state index in [1.54, 1.807) is 6.08 Å². The zero-order chi connectivity index (χ0) is 24.2. The van der Waals surface area contributed by atoms with Crippen LogP contribution in [0.1, 0.15) is 101 Å². The van der Waals surface area contributed by atoms with Crippen molar-refractivity contribution in [1.82, 2.24) is 0 Å². The summed E-state index contributed by atoms with van der Waals surface area (Å²) in [6.45, 7) is 2.25. The zero-order valence-corrected chi connectivity index (χ0v) is 20.7. The highest BCUT2D eigenvalue weighted by molar-refractivity contribution is 5.72. The highest BCUT2D eigenvalue weighted by Gasteiger charge is 2.30. The van der Waals surface area contributed by atoms with Gasteiger partial charge in [0.2, 0.25) is 0 Å². The molecule has 3 rings (SSSR count). The highest BCUT2D eigenvalue weighted by Crippen LogP contribution is 2.36. The van der Waals surface area contributed by atoms with Crippen LogP contribution in [-0.2, 0) is 16.0 Å². The lowest BCUT2D eigenvalue weighted by molar-refractivity contribution is -0.157. The smallest absolute Gasteiger partial charge is 0.309 e. The number of benzene rings is 1. The van der Waals surface area contributed by atoms with E-state index < -0.39 is 5.83 Å². The number of hydrogen-bond acceptors (Lipinski definition) is 3. The minimum atomic E-state index is -0.780. The number of carbonyl (C=O) groups is 1. The Labute approximate surface area is 205 Å². The molecule has 2 saturated carbocycles. The number of nitrogens with zero attached hydrogens (tertiary/aromatic N) is 1. The van der Waals surface area contributed by atoms with Crippen molar-refractivity contribution in [3.8, 4) is 6.07 Å². The number of esters is 1. The van der Waals surface area contributed by atoms with Crippen molar-refractivity contribution in [2.75, 3.05) is 0 Å². The lowest BCUT2D eigenvalue weighted by Crippen LogP contribution is -2.29. The Balaban J connectivity index is 1.36. The van der Waals surface area contributed by atoms with Gasteiger partial charge in [-0.1, -0.05) is 62.6 Å². The molecule has 0 aromatic heterocycles. The second-order valence-corrected chi connectivity index (χ2v) is 10.1. The third-order valence-electron chi connectivity index (χ3n) is 7.56. The summed E-state index contributed by atoms with van der Waals surface area (Å²) in [6.07, 6.45) is 18.7. The molecule has 0 radical (unpaired) electrons. The van der Waals surface area contributed by atoms with Crippen LogP contribution >= 0.6 is 0 Å². The van der Waals surface area contributed by atoms with Gasteiger partial charge in [0, 0.05) is 0 Å². The average molecular weight is 466 g/mol. The summed E-state index contributed by atoms with van der Waals surface area (Å²) in [5, 5.41) is 8.45. The summed E-state index contributed by atoms with van der Waals surface area (Å²) in [5.41, 5.74) is 2.87. The van der Waals surface area contributed by atoms with Crippen LogP contribution in [-0.4, -0.2) is 12.1 Å². The predicted molar refractivity (Wildman–Crippen MR) is 135 cm³/mol. The molecule has 2 fully saturated rings. The molecule has 1 aromatic carbocycles. The van der Waals surface area contributed by atoms with Crippen LogP contribution in [0.4, 0.5) is 4.39 Å². The highest BCUT2D eigenvalue weighted by atomic mass is 19.1. The van der Waals surface area contributed by atoms with Gasteiger partial charge in [-0.25, -0.2) is 0 Å². The maximum absolute atomic E-state index is 12.9. The SMILES string of the molecule is CCCCCCc1ccc(C2CCC(OC(=O)C3CCC(C=CC=C(F)C#N)CC3)CC2)cc1. The van der Waals surface area contributed by atoms with Crippen LogP contribution < -0.4 is 0 Å². The first-order valence-corrected chi connectivity index (χ1v) is 13.3. The molecule has 0 N–H and O–H groups in total. The first-order chi connectivity index (χ1) is 16.6. The predicted octanol–water partition coefficient (Wildman–Crippen LogP) is 8.12. The molecule has 1 aromatic rings. The van der Waals surface area contributed by atoms with Crippen LogP contribution in [0.5, 0.6) is 0 Å². The van der Waals surface area contributed by atoms with Gasteiger partial charge < -0.3 is 4.74 Å². The second kappa shape index (κ2) is 14.1. The fourth-order valence-electron chi connectivity index (χ4n) is 5.37. The number of ether oxygens (including phenoxy) is 1. The number of allylic oxidation sites excluding steroid dienone is 4. The molecule has 0 atom stereocenters. The minimum Gasteiger partial charge on any atom is -0.462 e. The Morgan fingerprint density at radius 1 is 1.03 bits per heavy atom. The van der Waals surface area contributed by atoms with Gasteiger partial charge in [-0.15, -0.1) is 0 Å². The van der Waals surface area contributed by atoms with Gasteiger partial charge in [0.15, 0.2) is 5.83 Å². The van der Waals surface area contributed by atoms with Crippen molar-refractivity contribution < 1.29 is 13.9 Å². The Morgan fingerprint density at radius 3 is 2.38 bits per heavy atom. The lowest BCUT2D eigenvalue weighted by Gasteiger charge is -2.31. The van der Waals surface area contributed by atoms with Gasteiger partial charge in [0.1, 0.15) is 12.2 Å². The van der Waals surface area contributed by atoms with E-state index in [9.17, 15) is 9.18 Å². The molecule has 0 amide bonds. The number of aryl methyl sites for hydroxylation is 1. The molecule has 0 unspecified atom stereocenters. The fourth-order valence-corrected chi connectivity index (χ4v) is 5.37. The fraction of sp³-hybridized carbons (Fsp3) is 0.600. The minimum absolute atomic E-state index is 0.0152. The van der Waals surface area contributed by atoms with E-state index in [1.807, 2.05) is 6.08 Å². The van der Waals surface area contributed by atoms with E-state index >= 15 is 0 Å². The molecular weight excluding hydrogens is 425 g/mol. The quantitative estimate of drug-likeness (QED) is 0.152. The Bertz CT molecular complexity index is 851. The van der Waals surface area contributed by atoms with E-state index in [-0.39, 0.29) is 18.0 Å². The summed E-state index contributed by atoms with van der Waals surface area (Å²) < 4.78 is 18.8. The van der Waals surface area contributed by atoms with Gasteiger partial charge in [-0.2, -0.15) is 9.65 Å². The Hall–Kier alpha value is -2.41.